The van der Waals surface area contributed by atoms with Crippen molar-refractivity contribution in [3.63, 3.8) is 0 Å². The minimum absolute atomic E-state index is 0.161. The number of anilines is 2. The van der Waals surface area contributed by atoms with E-state index in [2.05, 4.69) is 21.7 Å². The first-order chi connectivity index (χ1) is 11.3. The standard InChI is InChI=1S/C17H28N4O2/c1-2-12-23-15-4-3-9-21(13-15)17-18-8-5-16(19-17)20-10-6-14(22)7-11-20/h5,8,14-15,22H,2-4,6-7,9-13H2,1H3/t15-/m0/s1. The molecule has 6 nitrogen and oxygen atoms in total. The van der Waals surface area contributed by atoms with E-state index < -0.39 is 0 Å². The summed E-state index contributed by atoms with van der Waals surface area (Å²) in [6.45, 7) is 6.56. The molecule has 0 amide bonds. The maximum atomic E-state index is 9.65. The molecule has 1 N–H and O–H groups in total. The molecule has 128 valence electrons. The summed E-state index contributed by atoms with van der Waals surface area (Å²) in [4.78, 5) is 13.7. The molecule has 1 aromatic heterocycles. The first kappa shape index (κ1) is 16.5. The molecule has 6 heteroatoms. The Morgan fingerprint density at radius 3 is 2.83 bits per heavy atom. The third-order valence-electron chi connectivity index (χ3n) is 4.64. The second-order valence-corrected chi connectivity index (χ2v) is 6.51. The van der Waals surface area contributed by atoms with E-state index >= 15 is 0 Å². The van der Waals surface area contributed by atoms with Crippen LogP contribution in [-0.2, 0) is 4.74 Å². The predicted octanol–water partition coefficient (Wildman–Crippen LogP) is 1.83. The highest BCUT2D eigenvalue weighted by atomic mass is 16.5. The molecule has 3 heterocycles. The van der Waals surface area contributed by atoms with E-state index in [4.69, 9.17) is 9.72 Å². The highest BCUT2D eigenvalue weighted by Crippen LogP contribution is 2.22. The van der Waals surface area contributed by atoms with Crippen molar-refractivity contribution in [2.45, 2.75) is 51.2 Å². The van der Waals surface area contributed by atoms with E-state index in [0.717, 1.165) is 76.7 Å². The Kier molecular flexibility index (Phi) is 5.67. The van der Waals surface area contributed by atoms with Crippen LogP contribution in [0.5, 0.6) is 0 Å². The van der Waals surface area contributed by atoms with Crippen LogP contribution in [0.4, 0.5) is 11.8 Å². The van der Waals surface area contributed by atoms with Gasteiger partial charge in [0.15, 0.2) is 0 Å². The molecular formula is C17H28N4O2. The summed E-state index contributed by atoms with van der Waals surface area (Å²) in [6.07, 6.45) is 6.92. The van der Waals surface area contributed by atoms with Crippen molar-refractivity contribution in [3.05, 3.63) is 12.3 Å². The van der Waals surface area contributed by atoms with Gasteiger partial charge in [-0.3, -0.25) is 0 Å². The molecule has 0 bridgehead atoms. The molecule has 1 atom stereocenters. The Hall–Kier alpha value is -1.40. The highest BCUT2D eigenvalue weighted by Gasteiger charge is 2.23. The number of aliphatic hydroxyl groups excluding tert-OH is 1. The van der Waals surface area contributed by atoms with Gasteiger partial charge < -0.3 is 19.6 Å². The zero-order valence-corrected chi connectivity index (χ0v) is 14.0. The van der Waals surface area contributed by atoms with Gasteiger partial charge in [0.25, 0.3) is 0 Å². The molecule has 2 aliphatic heterocycles. The number of ether oxygens (including phenoxy) is 1. The molecule has 0 spiro atoms. The molecule has 0 aliphatic carbocycles. The maximum absolute atomic E-state index is 9.65. The third-order valence-corrected chi connectivity index (χ3v) is 4.64. The molecule has 2 aliphatic rings. The van der Waals surface area contributed by atoms with Gasteiger partial charge in [-0.05, 0) is 38.2 Å². The lowest BCUT2D eigenvalue weighted by molar-refractivity contribution is 0.0437. The van der Waals surface area contributed by atoms with E-state index in [1.807, 2.05) is 12.3 Å². The average molecular weight is 320 g/mol. The molecule has 23 heavy (non-hydrogen) atoms. The summed E-state index contributed by atoms with van der Waals surface area (Å²) in [7, 11) is 0. The van der Waals surface area contributed by atoms with Crippen LogP contribution < -0.4 is 9.80 Å². The van der Waals surface area contributed by atoms with Crippen molar-refractivity contribution in [1.29, 1.82) is 0 Å². The van der Waals surface area contributed by atoms with Crippen molar-refractivity contribution in [3.8, 4) is 0 Å². The SMILES string of the molecule is CCCO[C@H]1CCCN(c2nccc(N3CCC(O)CC3)n2)C1. The molecule has 2 fully saturated rings. The summed E-state index contributed by atoms with van der Waals surface area (Å²) in [5.41, 5.74) is 0. The quantitative estimate of drug-likeness (QED) is 0.893. The van der Waals surface area contributed by atoms with Gasteiger partial charge in [0.05, 0.1) is 12.2 Å². The van der Waals surface area contributed by atoms with Gasteiger partial charge >= 0.3 is 0 Å². The Bertz CT molecular complexity index is 491. The summed E-state index contributed by atoms with van der Waals surface area (Å²) in [6, 6.07) is 1.97. The topological polar surface area (TPSA) is 61.7 Å². The fourth-order valence-electron chi connectivity index (χ4n) is 3.30. The van der Waals surface area contributed by atoms with E-state index in [1.54, 1.807) is 0 Å². The number of aromatic nitrogens is 2. The molecule has 0 unspecified atom stereocenters. The lowest BCUT2D eigenvalue weighted by Crippen LogP contribution is -2.41. The first-order valence-corrected chi connectivity index (χ1v) is 8.89. The Labute approximate surface area is 138 Å². The molecule has 0 saturated carbocycles. The van der Waals surface area contributed by atoms with Crippen molar-refractivity contribution in [1.82, 2.24) is 9.97 Å². The molecule has 0 radical (unpaired) electrons. The average Bonchev–Trinajstić information content (AvgIpc) is 2.61. The summed E-state index contributed by atoms with van der Waals surface area (Å²) < 4.78 is 5.91. The minimum Gasteiger partial charge on any atom is -0.393 e. The van der Waals surface area contributed by atoms with Gasteiger partial charge in [-0.2, -0.15) is 4.98 Å². The van der Waals surface area contributed by atoms with E-state index in [-0.39, 0.29) is 6.10 Å². The van der Waals surface area contributed by atoms with E-state index in [9.17, 15) is 5.11 Å². The molecule has 0 aromatic carbocycles. The molecule has 3 rings (SSSR count). The van der Waals surface area contributed by atoms with E-state index in [1.165, 1.54) is 0 Å². The van der Waals surface area contributed by atoms with Gasteiger partial charge in [0.2, 0.25) is 5.95 Å². The largest absolute Gasteiger partial charge is 0.393 e. The van der Waals surface area contributed by atoms with Crippen LogP contribution in [0, 0.1) is 0 Å². The third kappa shape index (κ3) is 4.32. The first-order valence-electron chi connectivity index (χ1n) is 8.89. The van der Waals surface area contributed by atoms with Crippen LogP contribution in [0.2, 0.25) is 0 Å². The van der Waals surface area contributed by atoms with Gasteiger partial charge in [0, 0.05) is 39.0 Å². The number of rotatable bonds is 5. The van der Waals surface area contributed by atoms with Crippen LogP contribution >= 0.6 is 0 Å². The zero-order valence-electron chi connectivity index (χ0n) is 14.0. The monoisotopic (exact) mass is 320 g/mol. The van der Waals surface area contributed by atoms with Crippen molar-refractivity contribution < 1.29 is 9.84 Å². The summed E-state index contributed by atoms with van der Waals surface area (Å²) in [5, 5.41) is 9.65. The van der Waals surface area contributed by atoms with E-state index in [0.29, 0.717) is 6.10 Å². The van der Waals surface area contributed by atoms with Crippen LogP contribution in [0.15, 0.2) is 12.3 Å². The van der Waals surface area contributed by atoms with Crippen LogP contribution in [0.1, 0.15) is 39.0 Å². The molecular weight excluding hydrogens is 292 g/mol. The molecule has 2 saturated heterocycles. The number of piperidine rings is 2. The van der Waals surface area contributed by atoms with Crippen molar-refractivity contribution in [2.24, 2.45) is 0 Å². The van der Waals surface area contributed by atoms with Crippen molar-refractivity contribution in [2.75, 3.05) is 42.6 Å². The van der Waals surface area contributed by atoms with Gasteiger partial charge in [-0.1, -0.05) is 6.92 Å². The second kappa shape index (κ2) is 7.93. The number of aliphatic hydroxyl groups is 1. The fourth-order valence-corrected chi connectivity index (χ4v) is 3.30. The summed E-state index contributed by atoms with van der Waals surface area (Å²) in [5.74, 6) is 1.77. The van der Waals surface area contributed by atoms with Crippen LogP contribution in [-0.4, -0.2) is 60.1 Å². The van der Waals surface area contributed by atoms with Gasteiger partial charge in [-0.15, -0.1) is 0 Å². The number of hydrogen-bond donors (Lipinski definition) is 1. The Morgan fingerprint density at radius 1 is 1.22 bits per heavy atom. The lowest BCUT2D eigenvalue weighted by Gasteiger charge is -2.34. The second-order valence-electron chi connectivity index (χ2n) is 6.51. The predicted molar refractivity (Wildman–Crippen MR) is 91.0 cm³/mol. The minimum atomic E-state index is -0.161. The maximum Gasteiger partial charge on any atom is 0.227 e. The highest BCUT2D eigenvalue weighted by molar-refractivity contribution is 5.44. The normalized spacial score (nSPS) is 23.3. The fraction of sp³-hybridized carbons (Fsp3) is 0.765. The number of hydrogen-bond acceptors (Lipinski definition) is 6. The smallest absolute Gasteiger partial charge is 0.227 e. The van der Waals surface area contributed by atoms with Crippen LogP contribution in [0.3, 0.4) is 0 Å². The van der Waals surface area contributed by atoms with Crippen molar-refractivity contribution >= 4 is 11.8 Å². The Balaban J connectivity index is 1.64. The lowest BCUT2D eigenvalue weighted by atomic mass is 10.1. The van der Waals surface area contributed by atoms with Crippen LogP contribution in [0.25, 0.3) is 0 Å². The number of nitrogens with zero attached hydrogens (tertiary/aromatic N) is 4. The molecule has 1 aromatic rings. The van der Waals surface area contributed by atoms with Gasteiger partial charge in [-0.25, -0.2) is 4.98 Å². The Morgan fingerprint density at radius 2 is 2.04 bits per heavy atom. The zero-order chi connectivity index (χ0) is 16.1. The summed E-state index contributed by atoms with van der Waals surface area (Å²) >= 11 is 0. The van der Waals surface area contributed by atoms with Gasteiger partial charge in [0.1, 0.15) is 5.82 Å².